The van der Waals surface area contributed by atoms with E-state index in [1.54, 1.807) is 0 Å². The molecule has 9 unspecified atom stereocenters. The van der Waals surface area contributed by atoms with Gasteiger partial charge in [0.15, 0.2) is 6.29 Å². The summed E-state index contributed by atoms with van der Waals surface area (Å²) in [4.78, 5) is 12.9. The predicted octanol–water partition coefficient (Wildman–Crippen LogP) is 10.2. The van der Waals surface area contributed by atoms with Gasteiger partial charge in [-0.2, -0.15) is 0 Å². The topological polar surface area (TPSA) is 189 Å². The number of aliphatic hydroxyl groups excluding tert-OH is 7. The van der Waals surface area contributed by atoms with Gasteiger partial charge in [0.25, 0.3) is 0 Å². The summed E-state index contributed by atoms with van der Waals surface area (Å²) in [7, 11) is 0. The van der Waals surface area contributed by atoms with Crippen molar-refractivity contribution in [1.82, 2.24) is 5.32 Å². The molecule has 11 nitrogen and oxygen atoms in total. The van der Waals surface area contributed by atoms with Crippen LogP contribution in [0.25, 0.3) is 0 Å². The third-order valence-electron chi connectivity index (χ3n) is 13.4. The fourth-order valence-electron chi connectivity index (χ4n) is 8.96. The minimum Gasteiger partial charge on any atom is -0.394 e. The number of hydrogen-bond acceptors (Lipinski definition) is 10. The number of rotatable bonds is 46. The van der Waals surface area contributed by atoms with Crippen LogP contribution in [0.1, 0.15) is 258 Å². The minimum atomic E-state index is -1.65. The van der Waals surface area contributed by atoms with Crippen LogP contribution >= 0.6 is 0 Å². The van der Waals surface area contributed by atoms with Crippen molar-refractivity contribution < 1.29 is 50.0 Å². The molecular weight excluding hydrogens is 799 g/mol. The van der Waals surface area contributed by atoms with E-state index >= 15 is 0 Å². The number of unbranched alkanes of at least 4 members (excludes halogenated alkanes) is 34. The monoisotopic (exact) mass is 902 g/mol. The number of carbonyl (C=O) groups excluding carboxylic acids is 1. The molecule has 0 aromatic carbocycles. The Morgan fingerprint density at radius 1 is 0.492 bits per heavy atom. The van der Waals surface area contributed by atoms with Gasteiger partial charge >= 0.3 is 0 Å². The van der Waals surface area contributed by atoms with Crippen molar-refractivity contribution in [3.63, 3.8) is 0 Å². The van der Waals surface area contributed by atoms with E-state index in [1.165, 1.54) is 193 Å². The van der Waals surface area contributed by atoms with E-state index in [0.717, 1.165) is 25.7 Å². The molecule has 0 saturated carbocycles. The second kappa shape index (κ2) is 42.5. The van der Waals surface area contributed by atoms with Gasteiger partial charge in [-0.1, -0.05) is 245 Å². The highest BCUT2D eigenvalue weighted by molar-refractivity contribution is 5.80. The first-order chi connectivity index (χ1) is 30.7. The van der Waals surface area contributed by atoms with E-state index in [2.05, 4.69) is 12.2 Å². The molecule has 1 fully saturated rings. The van der Waals surface area contributed by atoms with Crippen LogP contribution in [0.15, 0.2) is 0 Å². The van der Waals surface area contributed by atoms with Crippen LogP contribution in [0.5, 0.6) is 0 Å². The molecule has 1 aliphatic rings. The van der Waals surface area contributed by atoms with Crippen molar-refractivity contribution in [1.29, 1.82) is 0 Å². The summed E-state index contributed by atoms with van der Waals surface area (Å²) in [6.07, 6.45) is 36.5. The Morgan fingerprint density at radius 3 is 1.19 bits per heavy atom. The van der Waals surface area contributed by atoms with Gasteiger partial charge in [-0.15, -0.1) is 0 Å². The fraction of sp³-hybridized carbons (Fsp3) is 0.981. The maximum absolute atomic E-state index is 12.9. The van der Waals surface area contributed by atoms with Gasteiger partial charge in [-0.3, -0.25) is 4.79 Å². The first-order valence-corrected chi connectivity index (χ1v) is 26.9. The number of ether oxygens (including phenoxy) is 2. The summed E-state index contributed by atoms with van der Waals surface area (Å²) < 4.78 is 10.9. The number of hydrogen-bond donors (Lipinski definition) is 8. The molecule has 9 atom stereocenters. The Kier molecular flexibility index (Phi) is 40.5. The van der Waals surface area contributed by atoms with E-state index in [9.17, 15) is 40.5 Å². The predicted molar refractivity (Wildman–Crippen MR) is 256 cm³/mol. The Bertz CT molecular complexity index is 991. The largest absolute Gasteiger partial charge is 0.394 e. The molecule has 8 N–H and O–H groups in total. The number of nitrogens with one attached hydrogen (secondary N) is 1. The molecule has 0 aromatic heterocycles. The fourth-order valence-corrected chi connectivity index (χ4v) is 8.96. The summed E-state index contributed by atoms with van der Waals surface area (Å²) >= 11 is 0. The third-order valence-corrected chi connectivity index (χ3v) is 13.4. The van der Waals surface area contributed by atoms with Crippen LogP contribution in [0.4, 0.5) is 0 Å². The Labute approximate surface area is 386 Å². The molecule has 1 saturated heterocycles. The Hall–Kier alpha value is -0.890. The van der Waals surface area contributed by atoms with Crippen molar-refractivity contribution >= 4 is 5.91 Å². The lowest BCUT2D eigenvalue weighted by atomic mass is 9.99. The molecule has 1 aliphatic heterocycles. The average Bonchev–Trinajstić information content (AvgIpc) is 3.28. The van der Waals surface area contributed by atoms with E-state index < -0.39 is 74.2 Å². The van der Waals surface area contributed by atoms with Crippen molar-refractivity contribution in [2.24, 2.45) is 0 Å². The molecule has 0 radical (unpaired) electrons. The summed E-state index contributed by atoms with van der Waals surface area (Å²) in [5.41, 5.74) is 0. The van der Waals surface area contributed by atoms with Gasteiger partial charge < -0.3 is 50.5 Å². The lowest BCUT2D eigenvalue weighted by Gasteiger charge is -2.40. The highest BCUT2D eigenvalue weighted by Crippen LogP contribution is 2.23. The lowest BCUT2D eigenvalue weighted by Crippen LogP contribution is -2.60. The van der Waals surface area contributed by atoms with Gasteiger partial charge in [0.2, 0.25) is 5.91 Å². The molecule has 0 spiro atoms. The van der Waals surface area contributed by atoms with Crippen LogP contribution in [-0.4, -0.2) is 110 Å². The summed E-state index contributed by atoms with van der Waals surface area (Å²) in [5, 5.41) is 74.5. The highest BCUT2D eigenvalue weighted by Gasteiger charge is 2.44. The Balaban J connectivity index is 1.97. The Morgan fingerprint density at radius 2 is 0.841 bits per heavy atom. The van der Waals surface area contributed by atoms with E-state index in [4.69, 9.17) is 9.47 Å². The van der Waals surface area contributed by atoms with Crippen molar-refractivity contribution in [3.05, 3.63) is 0 Å². The summed E-state index contributed by atoms with van der Waals surface area (Å²) in [6, 6.07) is -1.16. The second-order valence-electron chi connectivity index (χ2n) is 19.3. The molecule has 63 heavy (non-hydrogen) atoms. The van der Waals surface area contributed by atoms with E-state index in [0.29, 0.717) is 12.8 Å². The molecule has 0 aromatic rings. The summed E-state index contributed by atoms with van der Waals surface area (Å²) in [6.45, 7) is 3.19. The summed E-state index contributed by atoms with van der Waals surface area (Å²) in [5.74, 6) is -0.704. The average molecular weight is 902 g/mol. The zero-order chi connectivity index (χ0) is 46.2. The normalized spacial score (nSPS) is 21.1. The van der Waals surface area contributed by atoms with Gasteiger partial charge in [-0.25, -0.2) is 0 Å². The lowest BCUT2D eigenvalue weighted by molar-refractivity contribution is -0.303. The van der Waals surface area contributed by atoms with Crippen LogP contribution in [0.3, 0.4) is 0 Å². The molecule has 1 amide bonds. The molecular formula is C52H103NO10. The highest BCUT2D eigenvalue weighted by atomic mass is 16.7. The maximum atomic E-state index is 12.9. The van der Waals surface area contributed by atoms with Crippen LogP contribution in [-0.2, 0) is 14.3 Å². The van der Waals surface area contributed by atoms with E-state index in [-0.39, 0.29) is 12.8 Å². The molecule has 0 bridgehead atoms. The molecule has 376 valence electrons. The van der Waals surface area contributed by atoms with Crippen molar-refractivity contribution in [3.8, 4) is 0 Å². The zero-order valence-corrected chi connectivity index (χ0v) is 40.8. The quantitative estimate of drug-likeness (QED) is 0.0273. The van der Waals surface area contributed by atoms with Gasteiger partial charge in [0.1, 0.15) is 36.6 Å². The molecule has 1 heterocycles. The number of amides is 1. The maximum Gasteiger partial charge on any atom is 0.249 e. The van der Waals surface area contributed by atoms with Crippen molar-refractivity contribution in [2.45, 2.75) is 313 Å². The zero-order valence-electron chi connectivity index (χ0n) is 40.8. The smallest absolute Gasteiger partial charge is 0.249 e. The molecule has 0 aliphatic carbocycles. The number of aliphatic hydroxyl groups is 7. The first kappa shape index (κ1) is 60.1. The van der Waals surface area contributed by atoms with Gasteiger partial charge in [-0.05, 0) is 12.8 Å². The van der Waals surface area contributed by atoms with Crippen LogP contribution in [0.2, 0.25) is 0 Å². The van der Waals surface area contributed by atoms with Gasteiger partial charge in [0.05, 0.1) is 25.4 Å². The van der Waals surface area contributed by atoms with Crippen LogP contribution in [0, 0.1) is 0 Å². The molecule has 1 rings (SSSR count). The SMILES string of the molecule is CCCCCCCCCCCCCCCCCCCCCCCCCCCCCCCCCCCCC(O)C(=O)NC(COC1OC(CO)C(O)C(O)C1O)C(O)C(O)CCCC. The number of carbonyl (C=O) groups is 1. The van der Waals surface area contributed by atoms with E-state index in [1.807, 2.05) is 6.92 Å². The first-order valence-electron chi connectivity index (χ1n) is 26.9. The minimum absolute atomic E-state index is 0.264. The van der Waals surface area contributed by atoms with Crippen LogP contribution < -0.4 is 5.32 Å². The third kappa shape index (κ3) is 31.7. The molecule has 11 heteroatoms. The standard InChI is InChI=1S/C52H103NO10/c1-3-5-7-8-9-10-11-12-13-14-15-16-17-18-19-20-21-22-23-24-25-26-27-28-29-30-31-32-33-34-35-36-37-38-40-45(56)51(61)53-43(47(57)44(55)39-6-4-2)42-62-52-50(60)49(59)48(58)46(41-54)63-52/h43-50,52,54-60H,3-42H2,1-2H3,(H,53,61). The van der Waals surface area contributed by atoms with Gasteiger partial charge in [0, 0.05) is 0 Å². The second-order valence-corrected chi connectivity index (χ2v) is 19.3. The van der Waals surface area contributed by atoms with Crippen molar-refractivity contribution in [2.75, 3.05) is 13.2 Å².